The third kappa shape index (κ3) is 2.79. The highest BCUT2D eigenvalue weighted by atomic mass is 32.2. The second-order valence-electron chi connectivity index (χ2n) is 4.41. The van der Waals surface area contributed by atoms with E-state index in [4.69, 9.17) is 11.0 Å². The first-order valence-corrected chi connectivity index (χ1v) is 8.46. The van der Waals surface area contributed by atoms with Crippen LogP contribution in [-0.4, -0.2) is 25.4 Å². The number of hydrogen-bond acceptors (Lipinski definition) is 7. The Labute approximate surface area is 125 Å². The number of nitrogens with two attached hydrogens (primary N) is 1. The van der Waals surface area contributed by atoms with E-state index < -0.39 is 15.6 Å². The Balaban J connectivity index is 2.61. The molecular formula is C13H11N3O3S2. The van der Waals surface area contributed by atoms with Crippen molar-refractivity contribution < 1.29 is 13.2 Å². The number of anilines is 1. The highest BCUT2D eigenvalue weighted by molar-refractivity contribution is 7.92. The Kier molecular flexibility index (Phi) is 3.80. The van der Waals surface area contributed by atoms with Gasteiger partial charge in [-0.05, 0) is 19.1 Å². The van der Waals surface area contributed by atoms with E-state index in [2.05, 4.69) is 4.98 Å². The molecule has 0 spiro atoms. The quantitative estimate of drug-likeness (QED) is 0.858. The summed E-state index contributed by atoms with van der Waals surface area (Å²) in [6, 6.07) is 4.99. The van der Waals surface area contributed by atoms with Crippen LogP contribution in [-0.2, 0) is 9.84 Å². The predicted molar refractivity (Wildman–Crippen MR) is 79.0 cm³/mol. The molecule has 21 heavy (non-hydrogen) atoms. The summed E-state index contributed by atoms with van der Waals surface area (Å²) >= 11 is 0.712. The smallest absolute Gasteiger partial charge is 0.206 e. The fourth-order valence-corrected chi connectivity index (χ4v) is 3.94. The van der Waals surface area contributed by atoms with Crippen LogP contribution in [0.2, 0.25) is 0 Å². The lowest BCUT2D eigenvalue weighted by molar-refractivity contribution is 0.104. The van der Waals surface area contributed by atoms with Crippen LogP contribution in [0.5, 0.6) is 0 Å². The molecule has 2 aromatic heterocycles. The van der Waals surface area contributed by atoms with E-state index in [0.717, 1.165) is 11.9 Å². The highest BCUT2D eigenvalue weighted by Crippen LogP contribution is 2.35. The zero-order valence-corrected chi connectivity index (χ0v) is 12.9. The lowest BCUT2D eigenvalue weighted by Crippen LogP contribution is -2.03. The maximum absolute atomic E-state index is 12.4. The van der Waals surface area contributed by atoms with E-state index in [1.807, 2.05) is 0 Å². The summed E-state index contributed by atoms with van der Waals surface area (Å²) in [7, 11) is -3.62. The minimum Gasteiger partial charge on any atom is -0.396 e. The van der Waals surface area contributed by atoms with Crippen molar-refractivity contribution in [2.45, 2.75) is 11.1 Å². The Bertz CT molecular complexity index is 859. The Morgan fingerprint density at radius 3 is 2.52 bits per heavy atom. The van der Waals surface area contributed by atoms with E-state index in [9.17, 15) is 13.2 Å². The molecule has 0 aliphatic carbocycles. The minimum absolute atomic E-state index is 0.0395. The monoisotopic (exact) mass is 321 g/mol. The highest BCUT2D eigenvalue weighted by Gasteiger charge is 2.26. The predicted octanol–water partition coefficient (Wildman–Crippen LogP) is 1.54. The van der Waals surface area contributed by atoms with Gasteiger partial charge in [-0.1, -0.05) is 0 Å². The zero-order valence-electron chi connectivity index (χ0n) is 11.2. The molecule has 0 aromatic carbocycles. The number of carbonyl (C=O) groups excluding carboxylic acids is 1. The average molecular weight is 321 g/mol. The number of aromatic nitrogens is 1. The van der Waals surface area contributed by atoms with Gasteiger partial charge < -0.3 is 5.73 Å². The van der Waals surface area contributed by atoms with Gasteiger partial charge >= 0.3 is 0 Å². The third-order valence-corrected chi connectivity index (χ3v) is 5.78. The summed E-state index contributed by atoms with van der Waals surface area (Å²) in [5.74, 6) is -0.448. The van der Waals surface area contributed by atoms with Crippen LogP contribution >= 0.6 is 11.3 Å². The molecule has 6 nitrogen and oxygen atoms in total. The molecule has 0 saturated heterocycles. The number of rotatable bonds is 3. The lowest BCUT2D eigenvalue weighted by atomic mass is 10.1. The number of nitriles is 1. The number of nitrogens with zero attached hydrogens (tertiary/aromatic N) is 2. The fourth-order valence-electron chi connectivity index (χ4n) is 1.69. The first-order chi connectivity index (χ1) is 9.75. The van der Waals surface area contributed by atoms with Crippen LogP contribution in [0.1, 0.15) is 26.5 Å². The standard InChI is InChI=1S/C13H11N3O3S2/c1-7-3-4-8(6-16-7)11(17)12-10(15)9(5-14)13(20-12)21(2,18)19/h3-4,6H,15H2,1-2H3. The fraction of sp³-hybridized carbons (Fsp3) is 0.154. The van der Waals surface area contributed by atoms with Gasteiger partial charge in [-0.15, -0.1) is 11.3 Å². The van der Waals surface area contributed by atoms with Gasteiger partial charge in [-0.25, -0.2) is 8.42 Å². The van der Waals surface area contributed by atoms with Gasteiger partial charge in [0.1, 0.15) is 20.7 Å². The van der Waals surface area contributed by atoms with Gasteiger partial charge in [0.2, 0.25) is 5.78 Å². The third-order valence-electron chi connectivity index (χ3n) is 2.74. The Morgan fingerprint density at radius 2 is 2.10 bits per heavy atom. The SMILES string of the molecule is Cc1ccc(C(=O)c2sc(S(C)(=O)=O)c(C#N)c2N)cn1. The van der Waals surface area contributed by atoms with Gasteiger partial charge in [0.15, 0.2) is 9.84 Å². The molecule has 2 N–H and O–H groups in total. The zero-order chi connectivity index (χ0) is 15.8. The number of sulfone groups is 1. The van der Waals surface area contributed by atoms with Crippen molar-refractivity contribution in [1.29, 1.82) is 5.26 Å². The first kappa shape index (κ1) is 15.2. The van der Waals surface area contributed by atoms with E-state index in [0.29, 0.717) is 11.3 Å². The first-order valence-electron chi connectivity index (χ1n) is 5.75. The van der Waals surface area contributed by atoms with E-state index in [1.165, 1.54) is 6.20 Å². The molecule has 0 unspecified atom stereocenters. The maximum Gasteiger partial charge on any atom is 0.206 e. The number of aryl methyl sites for hydroxylation is 1. The molecule has 0 fully saturated rings. The molecule has 0 atom stereocenters. The second kappa shape index (κ2) is 5.27. The molecule has 2 heterocycles. The van der Waals surface area contributed by atoms with E-state index in [1.54, 1.807) is 25.1 Å². The van der Waals surface area contributed by atoms with Gasteiger partial charge in [0.25, 0.3) is 0 Å². The maximum atomic E-state index is 12.4. The number of ketones is 1. The number of hydrogen-bond donors (Lipinski definition) is 1. The molecule has 2 aromatic rings. The van der Waals surface area contributed by atoms with Crippen LogP contribution in [0.25, 0.3) is 0 Å². The van der Waals surface area contributed by atoms with Crippen molar-refractivity contribution in [2.24, 2.45) is 0 Å². The van der Waals surface area contributed by atoms with E-state index in [-0.39, 0.29) is 25.9 Å². The van der Waals surface area contributed by atoms with Gasteiger partial charge in [0, 0.05) is 23.7 Å². The Hall–Kier alpha value is -2.24. The van der Waals surface area contributed by atoms with Gasteiger partial charge in [0.05, 0.1) is 5.69 Å². The van der Waals surface area contributed by atoms with Crippen molar-refractivity contribution in [3.8, 4) is 6.07 Å². The summed E-state index contributed by atoms with van der Waals surface area (Å²) in [6.45, 7) is 1.78. The van der Waals surface area contributed by atoms with Gasteiger partial charge in [-0.2, -0.15) is 5.26 Å². The Morgan fingerprint density at radius 1 is 1.43 bits per heavy atom. The summed E-state index contributed by atoms with van der Waals surface area (Å²) in [4.78, 5) is 16.4. The summed E-state index contributed by atoms with van der Waals surface area (Å²) < 4.78 is 23.1. The van der Waals surface area contributed by atoms with Crippen molar-refractivity contribution in [1.82, 2.24) is 4.98 Å². The molecule has 0 saturated carbocycles. The summed E-state index contributed by atoms with van der Waals surface area (Å²) in [5.41, 5.74) is 6.52. The number of pyridine rings is 1. The van der Waals surface area contributed by atoms with Gasteiger partial charge in [-0.3, -0.25) is 9.78 Å². The minimum atomic E-state index is -3.62. The van der Waals surface area contributed by atoms with E-state index >= 15 is 0 Å². The lowest BCUT2D eigenvalue weighted by Gasteiger charge is -1.99. The molecule has 0 bridgehead atoms. The van der Waals surface area contributed by atoms with Crippen molar-refractivity contribution in [2.75, 3.05) is 12.0 Å². The molecule has 2 rings (SSSR count). The second-order valence-corrected chi connectivity index (χ2v) is 7.64. The molecule has 0 radical (unpaired) electrons. The van der Waals surface area contributed by atoms with Crippen molar-refractivity contribution in [3.63, 3.8) is 0 Å². The molecule has 0 aliphatic rings. The van der Waals surface area contributed by atoms with Crippen LogP contribution in [0.15, 0.2) is 22.5 Å². The summed E-state index contributed by atoms with van der Waals surface area (Å²) in [6.07, 6.45) is 2.36. The largest absolute Gasteiger partial charge is 0.396 e. The summed E-state index contributed by atoms with van der Waals surface area (Å²) in [5, 5.41) is 9.05. The van der Waals surface area contributed by atoms with Crippen LogP contribution in [0.4, 0.5) is 5.69 Å². The van der Waals surface area contributed by atoms with Crippen molar-refractivity contribution in [3.05, 3.63) is 40.0 Å². The number of thiophene rings is 1. The topological polar surface area (TPSA) is 114 Å². The molecule has 108 valence electrons. The van der Waals surface area contributed by atoms with Crippen LogP contribution < -0.4 is 5.73 Å². The number of carbonyl (C=O) groups is 1. The van der Waals surface area contributed by atoms with Crippen LogP contribution in [0, 0.1) is 18.3 Å². The number of nitrogen functional groups attached to an aromatic ring is 1. The average Bonchev–Trinajstić information content (AvgIpc) is 2.75. The molecule has 0 aliphatic heterocycles. The van der Waals surface area contributed by atoms with Crippen LogP contribution in [0.3, 0.4) is 0 Å². The van der Waals surface area contributed by atoms with Crippen molar-refractivity contribution >= 4 is 32.6 Å². The normalized spacial score (nSPS) is 11.1. The molecule has 8 heteroatoms. The molecule has 0 amide bonds. The molecular weight excluding hydrogens is 310 g/mol.